The second kappa shape index (κ2) is 8.36. The third kappa shape index (κ3) is 5.35. The number of aliphatic hydroxyl groups is 1. The van der Waals surface area contributed by atoms with Crippen molar-refractivity contribution in [2.24, 2.45) is 0 Å². The maximum Gasteiger partial charge on any atom is 0.219 e. The molecule has 0 saturated carbocycles. The third-order valence-electron chi connectivity index (χ3n) is 2.75. The van der Waals surface area contributed by atoms with E-state index < -0.39 is 6.10 Å². The van der Waals surface area contributed by atoms with Crippen molar-refractivity contribution < 1.29 is 19.3 Å². The zero-order chi connectivity index (χ0) is 15.8. The number of para-hydroxylation sites is 2. The fourth-order valence-corrected chi connectivity index (χ4v) is 1.71. The largest absolute Gasteiger partial charge is 0.487 e. The van der Waals surface area contributed by atoms with E-state index in [-0.39, 0.29) is 19.3 Å². The SMILES string of the molecule is CC(C)OCC(O)COc1ccccc1Oc1ccccn1. The van der Waals surface area contributed by atoms with Crippen LogP contribution in [-0.2, 0) is 4.74 Å². The second-order valence-electron chi connectivity index (χ2n) is 5.06. The lowest BCUT2D eigenvalue weighted by atomic mass is 10.3. The smallest absolute Gasteiger partial charge is 0.219 e. The lowest BCUT2D eigenvalue weighted by Crippen LogP contribution is -2.25. The Morgan fingerprint density at radius 3 is 2.41 bits per heavy atom. The van der Waals surface area contributed by atoms with Gasteiger partial charge in [-0.25, -0.2) is 4.98 Å². The van der Waals surface area contributed by atoms with Gasteiger partial charge in [-0.15, -0.1) is 0 Å². The van der Waals surface area contributed by atoms with E-state index in [1.54, 1.807) is 24.4 Å². The molecule has 0 bridgehead atoms. The second-order valence-corrected chi connectivity index (χ2v) is 5.06. The Labute approximate surface area is 130 Å². The van der Waals surface area contributed by atoms with Crippen LogP contribution < -0.4 is 9.47 Å². The van der Waals surface area contributed by atoms with Gasteiger partial charge in [-0.05, 0) is 32.0 Å². The Hall–Kier alpha value is -2.11. The fraction of sp³-hybridized carbons (Fsp3) is 0.353. The summed E-state index contributed by atoms with van der Waals surface area (Å²) >= 11 is 0. The zero-order valence-corrected chi connectivity index (χ0v) is 12.8. The van der Waals surface area contributed by atoms with Crippen molar-refractivity contribution in [2.75, 3.05) is 13.2 Å². The van der Waals surface area contributed by atoms with E-state index in [0.29, 0.717) is 17.4 Å². The van der Waals surface area contributed by atoms with Crippen molar-refractivity contribution in [1.29, 1.82) is 0 Å². The van der Waals surface area contributed by atoms with Crippen molar-refractivity contribution in [2.45, 2.75) is 26.1 Å². The van der Waals surface area contributed by atoms with E-state index in [9.17, 15) is 5.11 Å². The monoisotopic (exact) mass is 303 g/mol. The van der Waals surface area contributed by atoms with Crippen molar-refractivity contribution >= 4 is 0 Å². The highest BCUT2D eigenvalue weighted by molar-refractivity contribution is 5.41. The summed E-state index contributed by atoms with van der Waals surface area (Å²) in [5, 5.41) is 9.84. The maximum absolute atomic E-state index is 9.84. The summed E-state index contributed by atoms with van der Waals surface area (Å²) in [7, 11) is 0. The van der Waals surface area contributed by atoms with Gasteiger partial charge in [-0.3, -0.25) is 0 Å². The van der Waals surface area contributed by atoms with Gasteiger partial charge in [0.15, 0.2) is 11.5 Å². The molecule has 1 N–H and O–H groups in total. The summed E-state index contributed by atoms with van der Waals surface area (Å²) in [5.41, 5.74) is 0. The van der Waals surface area contributed by atoms with Crippen LogP contribution in [0.15, 0.2) is 48.7 Å². The molecule has 5 nitrogen and oxygen atoms in total. The van der Waals surface area contributed by atoms with Crippen LogP contribution in [0.2, 0.25) is 0 Å². The minimum Gasteiger partial charge on any atom is -0.487 e. The lowest BCUT2D eigenvalue weighted by Gasteiger charge is -2.16. The predicted molar refractivity (Wildman–Crippen MR) is 83.3 cm³/mol. The molecule has 22 heavy (non-hydrogen) atoms. The molecule has 0 saturated heterocycles. The summed E-state index contributed by atoms with van der Waals surface area (Å²) in [6.07, 6.45) is 1.05. The van der Waals surface area contributed by atoms with E-state index >= 15 is 0 Å². The van der Waals surface area contributed by atoms with Crippen LogP contribution in [0.5, 0.6) is 17.4 Å². The quantitative estimate of drug-likeness (QED) is 0.812. The number of ether oxygens (including phenoxy) is 3. The van der Waals surface area contributed by atoms with E-state index in [1.807, 2.05) is 38.1 Å². The predicted octanol–water partition coefficient (Wildman–Crippen LogP) is 3.04. The van der Waals surface area contributed by atoms with Gasteiger partial charge in [0.1, 0.15) is 12.7 Å². The summed E-state index contributed by atoms with van der Waals surface area (Å²) in [6, 6.07) is 12.7. The van der Waals surface area contributed by atoms with Gasteiger partial charge in [-0.2, -0.15) is 0 Å². The molecule has 2 rings (SSSR count). The summed E-state index contributed by atoms with van der Waals surface area (Å²) in [5.74, 6) is 1.59. The Morgan fingerprint density at radius 1 is 1.00 bits per heavy atom. The Bertz CT molecular complexity index is 560. The van der Waals surface area contributed by atoms with Crippen molar-refractivity contribution in [3.8, 4) is 17.4 Å². The number of rotatable bonds is 8. The lowest BCUT2D eigenvalue weighted by molar-refractivity contribution is -0.0125. The molecule has 1 atom stereocenters. The van der Waals surface area contributed by atoms with Gasteiger partial charge in [0, 0.05) is 12.3 Å². The Balaban J connectivity index is 1.94. The molecule has 0 fully saturated rings. The fourth-order valence-electron chi connectivity index (χ4n) is 1.71. The first-order valence-electron chi connectivity index (χ1n) is 7.25. The summed E-state index contributed by atoms with van der Waals surface area (Å²) in [4.78, 5) is 4.11. The zero-order valence-electron chi connectivity index (χ0n) is 12.8. The molecule has 1 aromatic carbocycles. The number of aliphatic hydroxyl groups excluding tert-OH is 1. The number of benzene rings is 1. The molecule has 2 aromatic rings. The van der Waals surface area contributed by atoms with Crippen LogP contribution in [0.3, 0.4) is 0 Å². The summed E-state index contributed by atoms with van der Waals surface area (Å²) in [6.45, 7) is 4.21. The first kappa shape index (κ1) is 16.3. The molecule has 0 radical (unpaired) electrons. The molecule has 0 aliphatic heterocycles. The van der Waals surface area contributed by atoms with Crippen LogP contribution in [-0.4, -0.2) is 35.5 Å². The molecule has 5 heteroatoms. The number of hydrogen-bond acceptors (Lipinski definition) is 5. The average molecular weight is 303 g/mol. The molecular weight excluding hydrogens is 282 g/mol. The Morgan fingerprint density at radius 2 is 1.73 bits per heavy atom. The normalized spacial score (nSPS) is 12.2. The highest BCUT2D eigenvalue weighted by atomic mass is 16.5. The molecular formula is C17H21NO4. The standard InChI is InChI=1S/C17H21NO4/c1-13(2)20-11-14(19)12-21-15-7-3-4-8-16(15)22-17-9-5-6-10-18-17/h3-10,13-14,19H,11-12H2,1-2H3. The van der Waals surface area contributed by atoms with Gasteiger partial charge in [0.25, 0.3) is 0 Å². The van der Waals surface area contributed by atoms with Crippen molar-refractivity contribution in [3.63, 3.8) is 0 Å². The van der Waals surface area contributed by atoms with Crippen molar-refractivity contribution in [1.82, 2.24) is 4.98 Å². The third-order valence-corrected chi connectivity index (χ3v) is 2.75. The highest BCUT2D eigenvalue weighted by Gasteiger charge is 2.10. The van der Waals surface area contributed by atoms with Gasteiger partial charge >= 0.3 is 0 Å². The van der Waals surface area contributed by atoms with E-state index in [4.69, 9.17) is 14.2 Å². The van der Waals surface area contributed by atoms with E-state index in [2.05, 4.69) is 4.98 Å². The Kier molecular flexibility index (Phi) is 6.18. The molecule has 0 spiro atoms. The van der Waals surface area contributed by atoms with Crippen LogP contribution in [0.1, 0.15) is 13.8 Å². The number of aromatic nitrogens is 1. The molecule has 1 aromatic heterocycles. The summed E-state index contributed by atoms with van der Waals surface area (Å²) < 4.78 is 16.7. The topological polar surface area (TPSA) is 60.8 Å². The van der Waals surface area contributed by atoms with Gasteiger partial charge in [0.2, 0.25) is 5.88 Å². The number of nitrogens with zero attached hydrogens (tertiary/aromatic N) is 1. The molecule has 1 unspecified atom stereocenters. The highest BCUT2D eigenvalue weighted by Crippen LogP contribution is 2.30. The average Bonchev–Trinajstić information content (AvgIpc) is 2.53. The van der Waals surface area contributed by atoms with Gasteiger partial charge in [-0.1, -0.05) is 18.2 Å². The van der Waals surface area contributed by atoms with Crippen LogP contribution in [0.4, 0.5) is 0 Å². The minimum absolute atomic E-state index is 0.0782. The first-order chi connectivity index (χ1) is 10.6. The molecule has 0 aliphatic carbocycles. The molecule has 0 aliphatic rings. The van der Waals surface area contributed by atoms with Crippen LogP contribution in [0.25, 0.3) is 0 Å². The van der Waals surface area contributed by atoms with Crippen molar-refractivity contribution in [3.05, 3.63) is 48.7 Å². The molecule has 0 amide bonds. The minimum atomic E-state index is -0.690. The van der Waals surface area contributed by atoms with E-state index in [1.165, 1.54) is 0 Å². The van der Waals surface area contributed by atoms with Crippen LogP contribution >= 0.6 is 0 Å². The first-order valence-corrected chi connectivity index (χ1v) is 7.25. The van der Waals surface area contributed by atoms with Gasteiger partial charge < -0.3 is 19.3 Å². The van der Waals surface area contributed by atoms with Crippen LogP contribution in [0, 0.1) is 0 Å². The molecule has 1 heterocycles. The number of pyridine rings is 1. The van der Waals surface area contributed by atoms with Gasteiger partial charge in [0.05, 0.1) is 12.7 Å². The van der Waals surface area contributed by atoms with E-state index in [0.717, 1.165) is 0 Å². The molecule has 118 valence electrons. The maximum atomic E-state index is 9.84. The number of hydrogen-bond donors (Lipinski definition) is 1.